The number of nitrogens with one attached hydrogen (secondary N) is 1. The van der Waals surface area contributed by atoms with Crippen molar-refractivity contribution in [2.45, 2.75) is 39.1 Å². The van der Waals surface area contributed by atoms with Crippen LogP contribution < -0.4 is 5.32 Å². The third-order valence-corrected chi connectivity index (χ3v) is 4.86. The summed E-state index contributed by atoms with van der Waals surface area (Å²) in [6.45, 7) is 7.14. The standard InChI is InChI=1S/C15H21ClN2O/c1-5-15(2,3)13(16)10-6-7-12-11(8-10)9-18(4)14(19)17-12/h6-8,13H,5,9H2,1-4H3,(H,17,19). The molecule has 0 saturated carbocycles. The van der Waals surface area contributed by atoms with Crippen molar-refractivity contribution in [3.8, 4) is 0 Å². The van der Waals surface area contributed by atoms with Crippen molar-refractivity contribution in [3.05, 3.63) is 29.3 Å². The molecule has 1 aromatic carbocycles. The molecule has 1 aliphatic rings. The van der Waals surface area contributed by atoms with E-state index in [-0.39, 0.29) is 16.8 Å². The summed E-state index contributed by atoms with van der Waals surface area (Å²) in [6, 6.07) is 6.02. The lowest BCUT2D eigenvalue weighted by Gasteiger charge is -2.31. The van der Waals surface area contributed by atoms with E-state index in [0.29, 0.717) is 6.54 Å². The monoisotopic (exact) mass is 280 g/mol. The molecule has 19 heavy (non-hydrogen) atoms. The molecule has 0 fully saturated rings. The number of amides is 2. The van der Waals surface area contributed by atoms with Crippen molar-refractivity contribution in [2.75, 3.05) is 12.4 Å². The molecule has 1 atom stereocenters. The van der Waals surface area contributed by atoms with Gasteiger partial charge in [0.05, 0.1) is 5.38 Å². The average molecular weight is 281 g/mol. The van der Waals surface area contributed by atoms with E-state index in [4.69, 9.17) is 11.6 Å². The van der Waals surface area contributed by atoms with E-state index in [0.717, 1.165) is 23.2 Å². The molecule has 2 amide bonds. The Morgan fingerprint density at radius 2 is 2.16 bits per heavy atom. The molecule has 0 radical (unpaired) electrons. The molecule has 104 valence electrons. The first-order valence-electron chi connectivity index (χ1n) is 6.64. The number of fused-ring (bicyclic) bond motifs is 1. The highest BCUT2D eigenvalue weighted by molar-refractivity contribution is 6.21. The number of nitrogens with zero attached hydrogens (tertiary/aromatic N) is 1. The van der Waals surface area contributed by atoms with Crippen LogP contribution >= 0.6 is 11.6 Å². The second kappa shape index (κ2) is 5.04. The van der Waals surface area contributed by atoms with Crippen LogP contribution in [0.5, 0.6) is 0 Å². The fourth-order valence-corrected chi connectivity index (χ4v) is 2.48. The maximum atomic E-state index is 11.6. The van der Waals surface area contributed by atoms with Crippen molar-refractivity contribution >= 4 is 23.3 Å². The first-order chi connectivity index (χ1) is 8.85. The Kier molecular flexibility index (Phi) is 3.77. The molecule has 1 aromatic rings. The van der Waals surface area contributed by atoms with Gasteiger partial charge < -0.3 is 10.2 Å². The van der Waals surface area contributed by atoms with Gasteiger partial charge in [0.15, 0.2) is 0 Å². The van der Waals surface area contributed by atoms with Crippen molar-refractivity contribution in [3.63, 3.8) is 0 Å². The third-order valence-electron chi connectivity index (χ3n) is 4.02. The van der Waals surface area contributed by atoms with Crippen molar-refractivity contribution in [2.24, 2.45) is 5.41 Å². The summed E-state index contributed by atoms with van der Waals surface area (Å²) in [6.07, 6.45) is 1.02. The second-order valence-corrected chi connectivity index (χ2v) is 6.34. The van der Waals surface area contributed by atoms with Crippen LogP contribution in [0, 0.1) is 5.41 Å². The minimum absolute atomic E-state index is 0.0225. The summed E-state index contributed by atoms with van der Waals surface area (Å²) in [5.41, 5.74) is 3.19. The summed E-state index contributed by atoms with van der Waals surface area (Å²) in [4.78, 5) is 13.2. The zero-order valence-electron chi connectivity index (χ0n) is 12.0. The first-order valence-corrected chi connectivity index (χ1v) is 7.08. The molecule has 0 aliphatic carbocycles. The first kappa shape index (κ1) is 14.2. The zero-order chi connectivity index (χ0) is 14.2. The van der Waals surface area contributed by atoms with Crippen LogP contribution in [-0.4, -0.2) is 18.0 Å². The van der Waals surface area contributed by atoms with Crippen molar-refractivity contribution in [1.29, 1.82) is 0 Å². The van der Waals surface area contributed by atoms with Gasteiger partial charge in [-0.05, 0) is 29.0 Å². The highest BCUT2D eigenvalue weighted by atomic mass is 35.5. The van der Waals surface area contributed by atoms with E-state index in [1.807, 2.05) is 12.1 Å². The van der Waals surface area contributed by atoms with Gasteiger partial charge in [-0.3, -0.25) is 0 Å². The van der Waals surface area contributed by atoms with E-state index >= 15 is 0 Å². The Hall–Kier alpha value is -1.22. The Bertz CT molecular complexity index is 499. The topological polar surface area (TPSA) is 32.3 Å². The van der Waals surface area contributed by atoms with Crippen LogP contribution in [0.15, 0.2) is 18.2 Å². The van der Waals surface area contributed by atoms with Gasteiger partial charge in [0.2, 0.25) is 0 Å². The van der Waals surface area contributed by atoms with Gasteiger partial charge in [0.1, 0.15) is 0 Å². The van der Waals surface area contributed by atoms with Crippen LogP contribution in [0.1, 0.15) is 43.7 Å². The van der Waals surface area contributed by atoms with Crippen LogP contribution in [0.2, 0.25) is 0 Å². The molecule has 0 saturated heterocycles. The molecule has 4 heteroatoms. The van der Waals surface area contributed by atoms with E-state index < -0.39 is 0 Å². The van der Waals surface area contributed by atoms with E-state index in [1.165, 1.54) is 0 Å². The zero-order valence-corrected chi connectivity index (χ0v) is 12.7. The minimum Gasteiger partial charge on any atom is -0.323 e. The maximum Gasteiger partial charge on any atom is 0.321 e. The Labute approximate surface area is 119 Å². The van der Waals surface area contributed by atoms with Crippen LogP contribution in [0.4, 0.5) is 10.5 Å². The van der Waals surface area contributed by atoms with E-state index in [2.05, 4.69) is 32.2 Å². The van der Waals surface area contributed by atoms with Gasteiger partial charge in [-0.2, -0.15) is 0 Å². The van der Waals surface area contributed by atoms with E-state index in [9.17, 15) is 4.79 Å². The summed E-state index contributed by atoms with van der Waals surface area (Å²) in [5, 5.41) is 2.85. The molecule has 1 aliphatic heterocycles. The Balaban J connectivity index is 2.32. The number of anilines is 1. The van der Waals surface area contributed by atoms with Gasteiger partial charge in [-0.25, -0.2) is 4.79 Å². The molecule has 0 aromatic heterocycles. The predicted molar refractivity (Wildman–Crippen MR) is 79.6 cm³/mol. The molecule has 1 heterocycles. The molecule has 2 rings (SSSR count). The fraction of sp³-hybridized carbons (Fsp3) is 0.533. The number of hydrogen-bond donors (Lipinski definition) is 1. The molecule has 3 nitrogen and oxygen atoms in total. The lowest BCUT2D eigenvalue weighted by molar-refractivity contribution is 0.218. The molecular formula is C15H21ClN2O. The third kappa shape index (κ3) is 2.71. The number of alkyl halides is 1. The number of halogens is 1. The SMILES string of the molecule is CCC(C)(C)C(Cl)c1ccc2c(c1)CN(C)C(=O)N2. The van der Waals surface area contributed by atoms with Gasteiger partial charge in [0, 0.05) is 19.3 Å². The number of hydrogen-bond acceptors (Lipinski definition) is 1. The highest BCUT2D eigenvalue weighted by Gasteiger charge is 2.28. The number of carbonyl (C=O) groups is 1. The summed E-state index contributed by atoms with van der Waals surface area (Å²) in [5.74, 6) is 0. The summed E-state index contributed by atoms with van der Waals surface area (Å²) >= 11 is 6.60. The summed E-state index contributed by atoms with van der Waals surface area (Å²) in [7, 11) is 1.79. The van der Waals surface area contributed by atoms with Gasteiger partial charge >= 0.3 is 6.03 Å². The molecule has 1 N–H and O–H groups in total. The largest absolute Gasteiger partial charge is 0.323 e. The molecular weight excluding hydrogens is 260 g/mol. The normalized spacial score (nSPS) is 16.9. The average Bonchev–Trinajstić information content (AvgIpc) is 2.38. The van der Waals surface area contributed by atoms with Gasteiger partial charge in [0.25, 0.3) is 0 Å². The second-order valence-electron chi connectivity index (χ2n) is 5.91. The van der Waals surface area contributed by atoms with Crippen LogP contribution in [0.3, 0.4) is 0 Å². The number of urea groups is 1. The fourth-order valence-electron chi connectivity index (χ4n) is 2.19. The van der Waals surface area contributed by atoms with Crippen molar-refractivity contribution < 1.29 is 4.79 Å². The van der Waals surface area contributed by atoms with Gasteiger partial charge in [-0.1, -0.05) is 32.9 Å². The smallest absolute Gasteiger partial charge is 0.321 e. The highest BCUT2D eigenvalue weighted by Crippen LogP contribution is 2.42. The van der Waals surface area contributed by atoms with Gasteiger partial charge in [-0.15, -0.1) is 11.6 Å². The predicted octanol–water partition coefficient (Wildman–Crippen LogP) is 4.38. The maximum absolute atomic E-state index is 11.6. The van der Waals surface area contributed by atoms with Crippen molar-refractivity contribution in [1.82, 2.24) is 4.90 Å². The summed E-state index contributed by atoms with van der Waals surface area (Å²) < 4.78 is 0. The lowest BCUT2D eigenvalue weighted by Crippen LogP contribution is -2.35. The molecule has 0 bridgehead atoms. The van der Waals surface area contributed by atoms with E-state index in [1.54, 1.807) is 11.9 Å². The minimum atomic E-state index is -0.0587. The molecule has 1 unspecified atom stereocenters. The quantitative estimate of drug-likeness (QED) is 0.819. The molecule has 0 spiro atoms. The number of benzene rings is 1. The Morgan fingerprint density at radius 3 is 2.79 bits per heavy atom. The Morgan fingerprint density at radius 1 is 1.47 bits per heavy atom. The van der Waals surface area contributed by atoms with Crippen LogP contribution in [0.25, 0.3) is 0 Å². The number of rotatable bonds is 3. The van der Waals surface area contributed by atoms with Crippen LogP contribution in [-0.2, 0) is 6.54 Å². The number of carbonyl (C=O) groups excluding carboxylic acids is 1. The lowest BCUT2D eigenvalue weighted by atomic mass is 9.82.